The summed E-state index contributed by atoms with van der Waals surface area (Å²) in [5, 5.41) is 4.59. The Morgan fingerprint density at radius 1 is 1.03 bits per heavy atom. The van der Waals surface area contributed by atoms with E-state index in [1.807, 2.05) is 55.5 Å². The number of sulfonamides is 1. The average molecular weight is 485 g/mol. The number of hydrogen-bond acceptors (Lipinski definition) is 4. The van der Waals surface area contributed by atoms with Crippen LogP contribution in [0.2, 0.25) is 0 Å². The van der Waals surface area contributed by atoms with Gasteiger partial charge in [-0.25, -0.2) is 0 Å². The molecular weight excluding hydrogens is 464 g/mol. The van der Waals surface area contributed by atoms with Crippen molar-refractivity contribution in [2.45, 2.75) is 24.3 Å². The van der Waals surface area contributed by atoms with Crippen LogP contribution >= 0.6 is 15.9 Å². The van der Waals surface area contributed by atoms with Gasteiger partial charge in [-0.1, -0.05) is 64.0 Å². The molecular formula is C23H21BrN2O3S. The average Bonchev–Trinajstić information content (AvgIpc) is 3.20. The molecule has 7 heteroatoms. The molecule has 1 aliphatic rings. The Morgan fingerprint density at radius 2 is 1.77 bits per heavy atom. The van der Waals surface area contributed by atoms with Gasteiger partial charge in [-0.05, 0) is 42.8 Å². The number of methoxy groups -OCH3 is 1. The highest BCUT2D eigenvalue weighted by Crippen LogP contribution is 2.40. The second-order valence-electron chi connectivity index (χ2n) is 7.11. The largest absolute Gasteiger partial charge is 0.496 e. The highest BCUT2D eigenvalue weighted by molar-refractivity contribution is 9.10. The van der Waals surface area contributed by atoms with Crippen LogP contribution in [0.1, 0.15) is 29.2 Å². The van der Waals surface area contributed by atoms with E-state index in [4.69, 9.17) is 4.74 Å². The van der Waals surface area contributed by atoms with Crippen LogP contribution < -0.4 is 4.74 Å². The van der Waals surface area contributed by atoms with Crippen molar-refractivity contribution >= 4 is 31.7 Å². The number of hydrogen-bond donors (Lipinski definition) is 0. The molecule has 0 bridgehead atoms. The van der Waals surface area contributed by atoms with Gasteiger partial charge in [0.2, 0.25) is 0 Å². The number of halogens is 1. The van der Waals surface area contributed by atoms with Crippen molar-refractivity contribution in [3.63, 3.8) is 0 Å². The van der Waals surface area contributed by atoms with Crippen molar-refractivity contribution in [2.75, 3.05) is 7.11 Å². The van der Waals surface area contributed by atoms with Crippen LogP contribution in [0.15, 0.2) is 87.3 Å². The van der Waals surface area contributed by atoms with Gasteiger partial charge in [-0.2, -0.15) is 17.9 Å². The molecule has 4 rings (SSSR count). The number of hydrazone groups is 1. The van der Waals surface area contributed by atoms with Gasteiger partial charge in [-0.15, -0.1) is 0 Å². The van der Waals surface area contributed by atoms with Crippen LogP contribution in [0.3, 0.4) is 0 Å². The summed E-state index contributed by atoms with van der Waals surface area (Å²) in [7, 11) is -2.26. The number of rotatable bonds is 5. The lowest BCUT2D eigenvalue weighted by Crippen LogP contribution is -2.27. The predicted octanol–water partition coefficient (Wildman–Crippen LogP) is 5.31. The molecule has 0 amide bonds. The lowest BCUT2D eigenvalue weighted by atomic mass is 9.98. The third-order valence-electron chi connectivity index (χ3n) is 5.09. The molecule has 1 atom stereocenters. The third kappa shape index (κ3) is 3.87. The smallest absolute Gasteiger partial charge is 0.279 e. The molecule has 0 unspecified atom stereocenters. The predicted molar refractivity (Wildman–Crippen MR) is 121 cm³/mol. The number of nitrogens with zero attached hydrogens (tertiary/aromatic N) is 2. The number of ether oxygens (including phenoxy) is 1. The van der Waals surface area contributed by atoms with Crippen molar-refractivity contribution in [3.8, 4) is 5.75 Å². The SMILES string of the molecule is COc1ccccc1[C@H]1CC(c2cccc(Br)c2)=NN1S(=O)(=O)c1ccc(C)cc1. The summed E-state index contributed by atoms with van der Waals surface area (Å²) in [6.45, 7) is 1.92. The van der Waals surface area contributed by atoms with Gasteiger partial charge >= 0.3 is 0 Å². The summed E-state index contributed by atoms with van der Waals surface area (Å²) in [5.41, 5.74) is 3.37. The number of para-hydroxylation sites is 1. The van der Waals surface area contributed by atoms with E-state index in [2.05, 4.69) is 21.0 Å². The molecule has 0 aliphatic carbocycles. The molecule has 0 aromatic heterocycles. The van der Waals surface area contributed by atoms with Crippen LogP contribution in [0.5, 0.6) is 5.75 Å². The first-order valence-corrected chi connectivity index (χ1v) is 11.7. The summed E-state index contributed by atoms with van der Waals surface area (Å²) in [6, 6.07) is 21.5. The normalized spacial score (nSPS) is 16.4. The third-order valence-corrected chi connectivity index (χ3v) is 7.28. The first-order valence-electron chi connectivity index (χ1n) is 9.47. The number of benzene rings is 3. The Kier molecular flexibility index (Phi) is 5.66. The molecule has 3 aromatic rings. The standard InChI is InChI=1S/C23H21BrN2O3S/c1-16-10-12-19(13-11-16)30(27,28)26-22(20-8-3-4-9-23(20)29-2)15-21(25-26)17-6-5-7-18(24)14-17/h3-14,22H,15H2,1-2H3/t22-/m1/s1. The van der Waals surface area contributed by atoms with Gasteiger partial charge in [-0.3, -0.25) is 0 Å². The second-order valence-corrected chi connectivity index (χ2v) is 9.82. The fourth-order valence-electron chi connectivity index (χ4n) is 3.54. The van der Waals surface area contributed by atoms with E-state index in [0.29, 0.717) is 17.9 Å². The van der Waals surface area contributed by atoms with Crippen LogP contribution in [0.4, 0.5) is 0 Å². The monoisotopic (exact) mass is 484 g/mol. The summed E-state index contributed by atoms with van der Waals surface area (Å²) in [6.07, 6.45) is 0.446. The maximum Gasteiger partial charge on any atom is 0.279 e. The zero-order valence-electron chi connectivity index (χ0n) is 16.6. The lowest BCUT2D eigenvalue weighted by Gasteiger charge is -2.24. The molecule has 5 nitrogen and oxygen atoms in total. The van der Waals surface area contributed by atoms with E-state index < -0.39 is 16.1 Å². The lowest BCUT2D eigenvalue weighted by molar-refractivity contribution is 0.350. The van der Waals surface area contributed by atoms with Crippen molar-refractivity contribution < 1.29 is 13.2 Å². The Balaban J connectivity index is 1.84. The molecule has 0 N–H and O–H groups in total. The molecule has 1 aliphatic heterocycles. The molecule has 0 saturated heterocycles. The van der Waals surface area contributed by atoms with Gasteiger partial charge in [0.1, 0.15) is 5.75 Å². The van der Waals surface area contributed by atoms with E-state index in [1.54, 1.807) is 31.4 Å². The minimum absolute atomic E-state index is 0.215. The maximum absolute atomic E-state index is 13.5. The zero-order valence-corrected chi connectivity index (χ0v) is 19.0. The van der Waals surface area contributed by atoms with E-state index in [0.717, 1.165) is 21.2 Å². The van der Waals surface area contributed by atoms with Crippen molar-refractivity contribution in [3.05, 3.63) is 94.0 Å². The van der Waals surface area contributed by atoms with Crippen LogP contribution in [-0.4, -0.2) is 25.7 Å². The molecule has 154 valence electrons. The van der Waals surface area contributed by atoms with Crippen molar-refractivity contribution in [1.82, 2.24) is 4.41 Å². The molecule has 0 radical (unpaired) electrons. The quantitative estimate of drug-likeness (QED) is 0.493. The topological polar surface area (TPSA) is 59.0 Å². The highest BCUT2D eigenvalue weighted by Gasteiger charge is 2.39. The molecule has 30 heavy (non-hydrogen) atoms. The molecule has 0 spiro atoms. The van der Waals surface area contributed by atoms with Gasteiger partial charge in [0.15, 0.2) is 0 Å². The van der Waals surface area contributed by atoms with E-state index in [1.165, 1.54) is 4.41 Å². The van der Waals surface area contributed by atoms with Gasteiger partial charge in [0.05, 0.1) is 23.8 Å². The summed E-state index contributed by atoms with van der Waals surface area (Å²) >= 11 is 3.48. The Morgan fingerprint density at radius 3 is 2.47 bits per heavy atom. The van der Waals surface area contributed by atoms with Crippen LogP contribution in [-0.2, 0) is 10.0 Å². The maximum atomic E-state index is 13.5. The van der Waals surface area contributed by atoms with Gasteiger partial charge < -0.3 is 4.74 Å². The fraction of sp³-hybridized carbons (Fsp3) is 0.174. The van der Waals surface area contributed by atoms with Crippen LogP contribution in [0, 0.1) is 6.92 Å². The van der Waals surface area contributed by atoms with Crippen molar-refractivity contribution in [1.29, 1.82) is 0 Å². The molecule has 1 heterocycles. The van der Waals surface area contributed by atoms with Crippen LogP contribution in [0.25, 0.3) is 0 Å². The van der Waals surface area contributed by atoms with E-state index >= 15 is 0 Å². The molecule has 0 fully saturated rings. The fourth-order valence-corrected chi connectivity index (χ4v) is 5.37. The van der Waals surface area contributed by atoms with E-state index in [-0.39, 0.29) is 4.90 Å². The highest BCUT2D eigenvalue weighted by atomic mass is 79.9. The first kappa shape index (κ1) is 20.6. The van der Waals surface area contributed by atoms with E-state index in [9.17, 15) is 8.42 Å². The summed E-state index contributed by atoms with van der Waals surface area (Å²) in [4.78, 5) is 0.215. The molecule has 3 aromatic carbocycles. The second kappa shape index (κ2) is 8.24. The Labute approximate surface area is 185 Å². The minimum Gasteiger partial charge on any atom is -0.496 e. The van der Waals surface area contributed by atoms with Gasteiger partial charge in [0.25, 0.3) is 10.0 Å². The van der Waals surface area contributed by atoms with Gasteiger partial charge in [0, 0.05) is 16.5 Å². The van der Waals surface area contributed by atoms with Crippen molar-refractivity contribution in [2.24, 2.45) is 5.10 Å². The first-order chi connectivity index (χ1) is 14.4. The molecule has 0 saturated carbocycles. The zero-order chi connectivity index (χ0) is 21.3. The Bertz CT molecular complexity index is 1210. The number of aryl methyl sites for hydroxylation is 1. The summed E-state index contributed by atoms with van der Waals surface area (Å²) < 4.78 is 34.7. The minimum atomic E-state index is -3.85. The Hall–Kier alpha value is -2.64. The summed E-state index contributed by atoms with van der Waals surface area (Å²) in [5.74, 6) is 0.636.